The Labute approximate surface area is 192 Å². The van der Waals surface area contributed by atoms with E-state index in [0.717, 1.165) is 5.56 Å². The van der Waals surface area contributed by atoms with E-state index in [1.54, 1.807) is 31.4 Å². The molecule has 0 atom stereocenters. The number of amides is 2. The Bertz CT molecular complexity index is 921. The predicted octanol–water partition coefficient (Wildman–Crippen LogP) is 2.44. The summed E-state index contributed by atoms with van der Waals surface area (Å²) >= 11 is 5.16. The van der Waals surface area contributed by atoms with E-state index in [2.05, 4.69) is 16.0 Å². The molecule has 2 aromatic carbocycles. The van der Waals surface area contributed by atoms with Gasteiger partial charge in [0.15, 0.2) is 5.11 Å². The highest BCUT2D eigenvalue weighted by molar-refractivity contribution is 7.80. The molecular formula is C23H27N3O5S. The number of ether oxygens (including phenoxy) is 2. The number of nitrogens with one attached hydrogen (secondary N) is 3. The van der Waals surface area contributed by atoms with Gasteiger partial charge in [0, 0.05) is 26.5 Å². The van der Waals surface area contributed by atoms with Crippen LogP contribution < -0.4 is 16.0 Å². The number of carbonyl (C=O) groups is 3. The van der Waals surface area contributed by atoms with Crippen LogP contribution >= 0.6 is 12.2 Å². The van der Waals surface area contributed by atoms with Crippen molar-refractivity contribution < 1.29 is 23.9 Å². The molecule has 9 heteroatoms. The summed E-state index contributed by atoms with van der Waals surface area (Å²) in [7, 11) is 1.55. The molecule has 8 nitrogen and oxygen atoms in total. The van der Waals surface area contributed by atoms with Gasteiger partial charge in [-0.25, -0.2) is 0 Å². The molecule has 0 saturated heterocycles. The topological polar surface area (TPSA) is 106 Å². The van der Waals surface area contributed by atoms with Gasteiger partial charge in [-0.15, -0.1) is 0 Å². The van der Waals surface area contributed by atoms with Gasteiger partial charge in [-0.3, -0.25) is 14.4 Å². The fraction of sp³-hybridized carbons (Fsp3) is 0.304. The van der Waals surface area contributed by atoms with Crippen LogP contribution in [-0.4, -0.2) is 49.8 Å². The lowest BCUT2D eigenvalue weighted by Crippen LogP contribution is -2.35. The normalized spacial score (nSPS) is 10.2. The van der Waals surface area contributed by atoms with Gasteiger partial charge < -0.3 is 25.4 Å². The van der Waals surface area contributed by atoms with Crippen LogP contribution in [0, 0.1) is 0 Å². The van der Waals surface area contributed by atoms with Crippen molar-refractivity contribution in [2.75, 3.05) is 32.2 Å². The molecule has 32 heavy (non-hydrogen) atoms. The molecular weight excluding hydrogens is 430 g/mol. The van der Waals surface area contributed by atoms with Crippen molar-refractivity contribution in [2.24, 2.45) is 0 Å². The van der Waals surface area contributed by atoms with Gasteiger partial charge in [0.25, 0.3) is 5.91 Å². The quantitative estimate of drug-likeness (QED) is 0.270. The Morgan fingerprint density at radius 3 is 2.41 bits per heavy atom. The minimum absolute atomic E-state index is 0.0320. The van der Waals surface area contributed by atoms with Crippen molar-refractivity contribution in [3.05, 3.63) is 65.7 Å². The lowest BCUT2D eigenvalue weighted by Gasteiger charge is -2.13. The summed E-state index contributed by atoms with van der Waals surface area (Å²) in [6.07, 6.45) is 0.498. The third-order valence-electron chi connectivity index (χ3n) is 4.32. The largest absolute Gasteiger partial charge is 0.465 e. The van der Waals surface area contributed by atoms with Crippen molar-refractivity contribution in [2.45, 2.75) is 19.3 Å². The first-order chi connectivity index (χ1) is 15.5. The van der Waals surface area contributed by atoms with Crippen LogP contribution in [0.15, 0.2) is 54.6 Å². The zero-order valence-corrected chi connectivity index (χ0v) is 18.7. The van der Waals surface area contributed by atoms with Crippen LogP contribution in [0.4, 0.5) is 5.69 Å². The number of hydrogen-bond donors (Lipinski definition) is 3. The summed E-state index contributed by atoms with van der Waals surface area (Å²) in [4.78, 5) is 36.2. The van der Waals surface area contributed by atoms with Gasteiger partial charge in [0.2, 0.25) is 5.91 Å². The van der Waals surface area contributed by atoms with Crippen LogP contribution in [-0.2, 0) is 25.5 Å². The Kier molecular flexibility index (Phi) is 10.8. The lowest BCUT2D eigenvalue weighted by molar-refractivity contribution is -0.144. The average Bonchev–Trinajstić information content (AvgIpc) is 2.79. The number of para-hydroxylation sites is 1. The smallest absolute Gasteiger partial charge is 0.306 e. The molecule has 2 amide bonds. The Morgan fingerprint density at radius 2 is 1.66 bits per heavy atom. The van der Waals surface area contributed by atoms with Gasteiger partial charge in [0.1, 0.15) is 0 Å². The summed E-state index contributed by atoms with van der Waals surface area (Å²) < 4.78 is 10.1. The van der Waals surface area contributed by atoms with Crippen LogP contribution in [0.1, 0.15) is 28.8 Å². The van der Waals surface area contributed by atoms with E-state index in [9.17, 15) is 14.4 Å². The van der Waals surface area contributed by atoms with Crippen molar-refractivity contribution in [3.63, 3.8) is 0 Å². The molecule has 0 heterocycles. The number of thiocarbonyl (C=S) groups is 1. The van der Waals surface area contributed by atoms with E-state index < -0.39 is 11.9 Å². The number of hydrogen-bond acceptors (Lipinski definition) is 6. The summed E-state index contributed by atoms with van der Waals surface area (Å²) in [5, 5.41) is 8.11. The van der Waals surface area contributed by atoms with E-state index in [1.807, 2.05) is 30.3 Å². The maximum absolute atomic E-state index is 12.3. The number of benzene rings is 2. The van der Waals surface area contributed by atoms with Crippen LogP contribution in [0.3, 0.4) is 0 Å². The molecule has 0 unspecified atom stereocenters. The zero-order chi connectivity index (χ0) is 23.2. The molecule has 0 radical (unpaired) electrons. The van der Waals surface area contributed by atoms with Crippen molar-refractivity contribution in [1.82, 2.24) is 10.6 Å². The maximum atomic E-state index is 12.3. The Balaban J connectivity index is 1.73. The monoisotopic (exact) mass is 457 g/mol. The molecule has 0 aromatic heterocycles. The van der Waals surface area contributed by atoms with Gasteiger partial charge in [-0.2, -0.15) is 0 Å². The molecule has 0 aliphatic heterocycles. The first kappa shape index (κ1) is 25.0. The number of anilines is 1. The number of methoxy groups -OCH3 is 1. The van der Waals surface area contributed by atoms with Gasteiger partial charge in [-0.05, 0) is 29.9 Å². The molecule has 2 aromatic rings. The standard InChI is InChI=1S/C23H27N3O5S/c1-30-16-14-24-22(29)18-9-5-6-10-19(18)25-23(32)26-20(27)11-12-21(28)31-15-13-17-7-3-2-4-8-17/h2-10H,11-16H2,1H3,(H,24,29)(H2,25,26,27,32). The maximum Gasteiger partial charge on any atom is 0.306 e. The molecule has 170 valence electrons. The zero-order valence-electron chi connectivity index (χ0n) is 17.9. The summed E-state index contributed by atoms with van der Waals surface area (Å²) in [6, 6.07) is 16.5. The number of rotatable bonds is 11. The van der Waals surface area contributed by atoms with Crippen LogP contribution in [0.25, 0.3) is 0 Å². The number of carbonyl (C=O) groups excluding carboxylic acids is 3. The second-order valence-electron chi connectivity index (χ2n) is 6.75. The average molecular weight is 458 g/mol. The molecule has 0 spiro atoms. The molecule has 0 fully saturated rings. The molecule has 0 aliphatic rings. The summed E-state index contributed by atoms with van der Waals surface area (Å²) in [5.74, 6) is -1.17. The van der Waals surface area contributed by atoms with E-state index in [4.69, 9.17) is 21.7 Å². The third-order valence-corrected chi connectivity index (χ3v) is 4.52. The number of esters is 1. The van der Waals surface area contributed by atoms with E-state index in [1.165, 1.54) is 0 Å². The van der Waals surface area contributed by atoms with Crippen molar-refractivity contribution in [3.8, 4) is 0 Å². The SMILES string of the molecule is COCCNC(=O)c1ccccc1NC(=S)NC(=O)CCC(=O)OCCc1ccccc1. The second-order valence-corrected chi connectivity index (χ2v) is 7.16. The van der Waals surface area contributed by atoms with E-state index in [0.29, 0.717) is 30.8 Å². The fourth-order valence-corrected chi connectivity index (χ4v) is 2.93. The fourth-order valence-electron chi connectivity index (χ4n) is 2.71. The predicted molar refractivity (Wildman–Crippen MR) is 125 cm³/mol. The molecule has 0 bridgehead atoms. The molecule has 2 rings (SSSR count). The minimum atomic E-state index is -0.451. The molecule has 0 aliphatic carbocycles. The molecule has 0 saturated carbocycles. The van der Waals surface area contributed by atoms with E-state index in [-0.39, 0.29) is 30.5 Å². The highest BCUT2D eigenvalue weighted by Crippen LogP contribution is 2.14. The summed E-state index contributed by atoms with van der Waals surface area (Å²) in [5.41, 5.74) is 1.90. The first-order valence-electron chi connectivity index (χ1n) is 10.2. The van der Waals surface area contributed by atoms with Crippen LogP contribution in [0.2, 0.25) is 0 Å². The van der Waals surface area contributed by atoms with E-state index >= 15 is 0 Å². The highest BCUT2D eigenvalue weighted by Gasteiger charge is 2.13. The first-order valence-corrected chi connectivity index (χ1v) is 10.6. The van der Waals surface area contributed by atoms with Crippen molar-refractivity contribution >= 4 is 40.8 Å². The molecule has 3 N–H and O–H groups in total. The Hall–Kier alpha value is -3.30. The summed E-state index contributed by atoms with van der Waals surface area (Å²) in [6.45, 7) is 1.02. The van der Waals surface area contributed by atoms with Gasteiger partial charge in [-0.1, -0.05) is 42.5 Å². The highest BCUT2D eigenvalue weighted by atomic mass is 32.1. The minimum Gasteiger partial charge on any atom is -0.465 e. The Morgan fingerprint density at radius 1 is 0.938 bits per heavy atom. The third kappa shape index (κ3) is 9.23. The van der Waals surface area contributed by atoms with Gasteiger partial charge >= 0.3 is 5.97 Å². The second kappa shape index (κ2) is 13.9. The lowest BCUT2D eigenvalue weighted by atomic mass is 10.1. The van der Waals surface area contributed by atoms with Crippen LogP contribution in [0.5, 0.6) is 0 Å². The van der Waals surface area contributed by atoms with Gasteiger partial charge in [0.05, 0.1) is 30.9 Å². The van der Waals surface area contributed by atoms with Crippen molar-refractivity contribution in [1.29, 1.82) is 0 Å².